The first-order valence-corrected chi connectivity index (χ1v) is 7.15. The van der Waals surface area contributed by atoms with Gasteiger partial charge in [0, 0.05) is 5.39 Å². The average molecular weight is 288 g/mol. The van der Waals surface area contributed by atoms with Crippen LogP contribution >= 0.6 is 0 Å². The quantitative estimate of drug-likeness (QED) is 0.614. The molecule has 0 radical (unpaired) electrons. The third-order valence-electron chi connectivity index (χ3n) is 2.95. The summed E-state index contributed by atoms with van der Waals surface area (Å²) >= 11 is 0. The first kappa shape index (κ1) is 16.7. The van der Waals surface area contributed by atoms with Gasteiger partial charge in [-0.3, -0.25) is 4.55 Å². The van der Waals surface area contributed by atoms with Crippen LogP contribution in [-0.4, -0.2) is 13.0 Å². The molecule has 0 saturated heterocycles. The van der Waals surface area contributed by atoms with Gasteiger partial charge in [0.1, 0.15) is 4.90 Å². The molecule has 0 bridgehead atoms. The van der Waals surface area contributed by atoms with Crippen LogP contribution in [0.15, 0.2) is 41.3 Å². The zero-order valence-corrected chi connectivity index (χ0v) is 14.5. The summed E-state index contributed by atoms with van der Waals surface area (Å²) in [6.07, 6.45) is 0. The van der Waals surface area contributed by atoms with Gasteiger partial charge < -0.3 is 1.43 Å². The third-order valence-corrected chi connectivity index (χ3v) is 3.90. The molecule has 0 aromatic heterocycles. The summed E-state index contributed by atoms with van der Waals surface area (Å²) in [6.45, 7) is 5.77. The molecule has 2 rings (SSSR count). The van der Waals surface area contributed by atoms with E-state index in [4.69, 9.17) is 0 Å². The van der Waals surface area contributed by atoms with Crippen molar-refractivity contribution < 1.29 is 44.0 Å². The summed E-state index contributed by atoms with van der Waals surface area (Å²) in [5.41, 5.74) is 0.276. The summed E-state index contributed by atoms with van der Waals surface area (Å²) in [7, 11) is -4.24. The second-order valence-electron chi connectivity index (χ2n) is 5.39. The molecule has 2 aromatic rings. The molecular weight excluding hydrogens is 271 g/mol. The molecule has 98 valence electrons. The van der Waals surface area contributed by atoms with Crippen LogP contribution in [-0.2, 0) is 15.5 Å². The van der Waals surface area contributed by atoms with Crippen LogP contribution in [0.2, 0.25) is 0 Å². The Morgan fingerprint density at radius 3 is 2.16 bits per heavy atom. The number of benzene rings is 2. The number of fused-ring (bicyclic) bond motifs is 1. The molecule has 0 fully saturated rings. The van der Waals surface area contributed by atoms with Crippen LogP contribution in [0, 0.1) is 0 Å². The molecule has 0 unspecified atom stereocenters. The maximum absolute atomic E-state index is 11.7. The van der Waals surface area contributed by atoms with E-state index in [0.717, 1.165) is 5.39 Å². The van der Waals surface area contributed by atoms with Gasteiger partial charge in [0.25, 0.3) is 10.1 Å². The SMILES string of the molecule is CC(C)(C)c1ccc2ccccc2c1S(=O)(=O)O.[H-].[Na+]. The van der Waals surface area contributed by atoms with Gasteiger partial charge >= 0.3 is 29.6 Å². The van der Waals surface area contributed by atoms with E-state index in [9.17, 15) is 13.0 Å². The Kier molecular flexibility index (Phi) is 4.86. The molecule has 0 aliphatic rings. The molecular formula is C14H17NaO3S. The first-order chi connectivity index (χ1) is 8.21. The van der Waals surface area contributed by atoms with E-state index < -0.39 is 10.1 Å². The average Bonchev–Trinajstić information content (AvgIpc) is 2.24. The van der Waals surface area contributed by atoms with E-state index in [0.29, 0.717) is 10.9 Å². The van der Waals surface area contributed by atoms with E-state index in [-0.39, 0.29) is 41.3 Å². The van der Waals surface area contributed by atoms with Crippen molar-refractivity contribution in [3.63, 3.8) is 0 Å². The smallest absolute Gasteiger partial charge is 1.00 e. The van der Waals surface area contributed by atoms with E-state index >= 15 is 0 Å². The molecule has 0 amide bonds. The van der Waals surface area contributed by atoms with Gasteiger partial charge in [-0.1, -0.05) is 57.2 Å². The van der Waals surface area contributed by atoms with Crippen molar-refractivity contribution >= 4 is 20.9 Å². The van der Waals surface area contributed by atoms with Crippen LogP contribution in [0.3, 0.4) is 0 Å². The maximum Gasteiger partial charge on any atom is 1.00 e. The van der Waals surface area contributed by atoms with Crippen molar-refractivity contribution in [2.75, 3.05) is 0 Å². The van der Waals surface area contributed by atoms with Crippen molar-refractivity contribution in [2.24, 2.45) is 0 Å². The van der Waals surface area contributed by atoms with Crippen molar-refractivity contribution in [1.82, 2.24) is 0 Å². The largest absolute Gasteiger partial charge is 1.00 e. The zero-order chi connectivity index (χ0) is 13.6. The predicted molar refractivity (Wildman–Crippen MR) is 73.6 cm³/mol. The fraction of sp³-hybridized carbons (Fsp3) is 0.286. The fourth-order valence-corrected chi connectivity index (χ4v) is 3.23. The minimum Gasteiger partial charge on any atom is -1.00 e. The van der Waals surface area contributed by atoms with Gasteiger partial charge in [-0.2, -0.15) is 8.42 Å². The maximum atomic E-state index is 11.7. The van der Waals surface area contributed by atoms with Gasteiger partial charge in [-0.25, -0.2) is 0 Å². The van der Waals surface area contributed by atoms with Gasteiger partial charge in [0.2, 0.25) is 0 Å². The van der Waals surface area contributed by atoms with Crippen LogP contribution in [0.1, 0.15) is 27.8 Å². The molecule has 0 aliphatic heterocycles. The number of hydrogen-bond donors (Lipinski definition) is 1. The molecule has 0 aliphatic carbocycles. The second kappa shape index (κ2) is 5.54. The van der Waals surface area contributed by atoms with Gasteiger partial charge in [0.15, 0.2) is 0 Å². The first-order valence-electron chi connectivity index (χ1n) is 5.71. The van der Waals surface area contributed by atoms with Crippen LogP contribution < -0.4 is 29.6 Å². The summed E-state index contributed by atoms with van der Waals surface area (Å²) in [5, 5.41) is 1.37. The fourth-order valence-electron chi connectivity index (χ4n) is 2.11. The van der Waals surface area contributed by atoms with Crippen molar-refractivity contribution in [3.8, 4) is 0 Å². The summed E-state index contributed by atoms with van der Waals surface area (Å²) in [6, 6.07) is 10.8. The molecule has 0 heterocycles. The number of rotatable bonds is 1. The van der Waals surface area contributed by atoms with Crippen LogP contribution in [0.4, 0.5) is 0 Å². The van der Waals surface area contributed by atoms with Crippen molar-refractivity contribution in [2.45, 2.75) is 31.1 Å². The summed E-state index contributed by atoms with van der Waals surface area (Å²) in [5.74, 6) is 0. The minimum atomic E-state index is -4.24. The summed E-state index contributed by atoms with van der Waals surface area (Å²) in [4.78, 5) is 0.0214. The molecule has 0 atom stereocenters. The van der Waals surface area contributed by atoms with E-state index in [1.54, 1.807) is 18.2 Å². The molecule has 2 aromatic carbocycles. The summed E-state index contributed by atoms with van der Waals surface area (Å²) < 4.78 is 32.8. The Bertz CT molecular complexity index is 706. The van der Waals surface area contributed by atoms with Gasteiger partial charge in [-0.15, -0.1) is 0 Å². The molecule has 3 nitrogen and oxygen atoms in total. The zero-order valence-electron chi connectivity index (χ0n) is 12.6. The van der Waals surface area contributed by atoms with Crippen molar-refractivity contribution in [3.05, 3.63) is 42.0 Å². The van der Waals surface area contributed by atoms with E-state index in [1.165, 1.54) is 0 Å². The Morgan fingerprint density at radius 1 is 1.05 bits per heavy atom. The van der Waals surface area contributed by atoms with Gasteiger partial charge in [-0.05, 0) is 16.4 Å². The Morgan fingerprint density at radius 2 is 1.63 bits per heavy atom. The Hall–Kier alpha value is -0.390. The Balaban J connectivity index is 0.00000180. The molecule has 19 heavy (non-hydrogen) atoms. The second-order valence-corrected chi connectivity index (χ2v) is 6.75. The van der Waals surface area contributed by atoms with E-state index in [2.05, 4.69) is 0 Å². The number of hydrogen-bond acceptors (Lipinski definition) is 2. The van der Waals surface area contributed by atoms with E-state index in [1.807, 2.05) is 39.0 Å². The van der Waals surface area contributed by atoms with Gasteiger partial charge in [0.05, 0.1) is 0 Å². The minimum absolute atomic E-state index is 0. The predicted octanol–water partition coefficient (Wildman–Crippen LogP) is 0.500. The van der Waals surface area contributed by atoms with Crippen LogP contribution in [0.25, 0.3) is 10.8 Å². The third kappa shape index (κ3) is 3.38. The topological polar surface area (TPSA) is 54.4 Å². The monoisotopic (exact) mass is 288 g/mol. The van der Waals surface area contributed by atoms with Crippen LogP contribution in [0.5, 0.6) is 0 Å². The molecule has 5 heteroatoms. The normalized spacial score (nSPS) is 12.2. The molecule has 1 N–H and O–H groups in total. The van der Waals surface area contributed by atoms with Crippen molar-refractivity contribution in [1.29, 1.82) is 0 Å². The molecule has 0 saturated carbocycles. The standard InChI is InChI=1S/C14H16O3S.Na.H/c1-14(2,3)12-9-8-10-6-4-5-7-11(10)13(12)18(15,16)17;;/h4-9H,1-3H3,(H,15,16,17);;/q;+1;-1. The Labute approximate surface area is 137 Å². The molecule has 0 spiro atoms.